The van der Waals surface area contributed by atoms with Gasteiger partial charge < -0.3 is 14.5 Å². The number of piperidine rings is 1. The quantitative estimate of drug-likeness (QED) is 0.827. The molecule has 5 nitrogen and oxygen atoms in total. The third kappa shape index (κ3) is 3.37. The summed E-state index contributed by atoms with van der Waals surface area (Å²) in [4.78, 5) is 29.3. The van der Waals surface area contributed by atoms with E-state index in [4.69, 9.17) is 4.74 Å². The fraction of sp³-hybridized carbons (Fsp3) is 0.600. The van der Waals surface area contributed by atoms with Gasteiger partial charge in [-0.3, -0.25) is 9.59 Å². The molecule has 3 heterocycles. The summed E-state index contributed by atoms with van der Waals surface area (Å²) in [5, 5.41) is 0. The van der Waals surface area contributed by atoms with Crippen LogP contribution in [0.15, 0.2) is 24.3 Å². The van der Waals surface area contributed by atoms with Crippen LogP contribution in [0.4, 0.5) is 0 Å². The van der Waals surface area contributed by atoms with Crippen LogP contribution in [-0.2, 0) is 16.0 Å². The summed E-state index contributed by atoms with van der Waals surface area (Å²) in [6, 6.07) is 7.95. The summed E-state index contributed by atoms with van der Waals surface area (Å²) >= 11 is 0. The number of para-hydroxylation sites is 1. The van der Waals surface area contributed by atoms with E-state index < -0.39 is 0 Å². The monoisotopic (exact) mass is 342 g/mol. The van der Waals surface area contributed by atoms with Gasteiger partial charge in [-0.2, -0.15) is 0 Å². The molecule has 0 spiro atoms. The Morgan fingerprint density at radius 3 is 2.28 bits per heavy atom. The smallest absolute Gasteiger partial charge is 0.229 e. The van der Waals surface area contributed by atoms with Crippen molar-refractivity contribution in [3.05, 3.63) is 29.8 Å². The Hall–Kier alpha value is -2.04. The fourth-order valence-electron chi connectivity index (χ4n) is 4.29. The largest absolute Gasteiger partial charge is 0.492 e. The fourth-order valence-corrected chi connectivity index (χ4v) is 4.29. The molecule has 2 fully saturated rings. The first-order chi connectivity index (χ1) is 12.2. The Balaban J connectivity index is 1.32. The van der Waals surface area contributed by atoms with E-state index >= 15 is 0 Å². The molecule has 3 aliphatic rings. The predicted molar refractivity (Wildman–Crippen MR) is 94.2 cm³/mol. The minimum atomic E-state index is -0.0965. The zero-order chi connectivity index (χ0) is 17.2. The molecule has 25 heavy (non-hydrogen) atoms. The molecule has 3 aliphatic heterocycles. The van der Waals surface area contributed by atoms with Gasteiger partial charge in [0.25, 0.3) is 0 Å². The van der Waals surface area contributed by atoms with Gasteiger partial charge in [-0.05, 0) is 43.7 Å². The van der Waals surface area contributed by atoms with Crippen LogP contribution in [0.1, 0.15) is 31.2 Å². The normalized spacial score (nSPS) is 23.9. The summed E-state index contributed by atoms with van der Waals surface area (Å²) in [6.07, 6.45) is 4.61. The molecule has 1 aromatic rings. The van der Waals surface area contributed by atoms with E-state index in [9.17, 15) is 9.59 Å². The molecular weight excluding hydrogens is 316 g/mol. The number of hydrogen-bond acceptors (Lipinski definition) is 3. The lowest BCUT2D eigenvalue weighted by Crippen LogP contribution is -2.47. The molecule has 2 saturated heterocycles. The molecule has 4 rings (SSSR count). The molecule has 0 aliphatic carbocycles. The Morgan fingerprint density at radius 2 is 1.52 bits per heavy atom. The van der Waals surface area contributed by atoms with Crippen LogP contribution in [0.2, 0.25) is 0 Å². The molecule has 2 amide bonds. The SMILES string of the molecule is O=C(C1CCN(C(=O)C2COc3ccccc3C2)CC1)N1CCCC1. The highest BCUT2D eigenvalue weighted by Crippen LogP contribution is 2.29. The second-order valence-electron chi connectivity index (χ2n) is 7.45. The van der Waals surface area contributed by atoms with Gasteiger partial charge in [-0.1, -0.05) is 18.2 Å². The number of hydrogen-bond donors (Lipinski definition) is 0. The van der Waals surface area contributed by atoms with Crippen LogP contribution in [0.25, 0.3) is 0 Å². The average molecular weight is 342 g/mol. The van der Waals surface area contributed by atoms with Crippen molar-refractivity contribution >= 4 is 11.8 Å². The number of rotatable bonds is 2. The molecule has 0 aromatic heterocycles. The molecule has 134 valence electrons. The molecule has 1 atom stereocenters. The molecule has 1 unspecified atom stereocenters. The summed E-state index contributed by atoms with van der Waals surface area (Å²) < 4.78 is 5.77. The van der Waals surface area contributed by atoms with Crippen LogP contribution in [0.3, 0.4) is 0 Å². The van der Waals surface area contributed by atoms with E-state index in [1.54, 1.807) is 0 Å². The number of carbonyl (C=O) groups is 2. The van der Waals surface area contributed by atoms with Gasteiger partial charge in [0.1, 0.15) is 12.4 Å². The van der Waals surface area contributed by atoms with Crippen LogP contribution < -0.4 is 4.74 Å². The van der Waals surface area contributed by atoms with E-state index in [1.807, 2.05) is 34.1 Å². The van der Waals surface area contributed by atoms with Crippen molar-refractivity contribution in [2.75, 3.05) is 32.8 Å². The van der Waals surface area contributed by atoms with E-state index in [0.29, 0.717) is 25.6 Å². The second-order valence-corrected chi connectivity index (χ2v) is 7.45. The van der Waals surface area contributed by atoms with Gasteiger partial charge in [0.2, 0.25) is 11.8 Å². The number of ether oxygens (including phenoxy) is 1. The van der Waals surface area contributed by atoms with Crippen molar-refractivity contribution in [3.63, 3.8) is 0 Å². The first-order valence-corrected chi connectivity index (χ1v) is 9.50. The second kappa shape index (κ2) is 7.06. The predicted octanol–water partition coefficient (Wildman–Crippen LogP) is 2.10. The maximum absolute atomic E-state index is 12.8. The van der Waals surface area contributed by atoms with Gasteiger partial charge in [0.15, 0.2) is 0 Å². The van der Waals surface area contributed by atoms with Crippen LogP contribution in [0, 0.1) is 11.8 Å². The highest BCUT2D eigenvalue weighted by Gasteiger charge is 2.34. The molecule has 0 bridgehead atoms. The third-order valence-corrected chi connectivity index (χ3v) is 5.80. The Bertz CT molecular complexity index is 646. The van der Waals surface area contributed by atoms with Gasteiger partial charge in [0, 0.05) is 32.1 Å². The van der Waals surface area contributed by atoms with E-state index in [-0.39, 0.29) is 17.7 Å². The molecular formula is C20H26N2O3. The van der Waals surface area contributed by atoms with Gasteiger partial charge >= 0.3 is 0 Å². The number of benzene rings is 1. The number of nitrogens with zero attached hydrogens (tertiary/aromatic N) is 2. The van der Waals surface area contributed by atoms with Gasteiger partial charge in [-0.25, -0.2) is 0 Å². The summed E-state index contributed by atoms with van der Waals surface area (Å²) in [5.74, 6) is 1.40. The summed E-state index contributed by atoms with van der Waals surface area (Å²) in [5.41, 5.74) is 1.12. The highest BCUT2D eigenvalue weighted by atomic mass is 16.5. The van der Waals surface area contributed by atoms with Gasteiger partial charge in [-0.15, -0.1) is 0 Å². The maximum Gasteiger partial charge on any atom is 0.229 e. The van der Waals surface area contributed by atoms with Gasteiger partial charge in [0.05, 0.1) is 5.92 Å². The Kier molecular flexibility index (Phi) is 4.64. The molecule has 0 radical (unpaired) electrons. The lowest BCUT2D eigenvalue weighted by molar-refractivity contribution is -0.142. The van der Waals surface area contributed by atoms with E-state index in [1.165, 1.54) is 0 Å². The lowest BCUT2D eigenvalue weighted by atomic mass is 9.92. The van der Waals surface area contributed by atoms with Crippen molar-refractivity contribution in [3.8, 4) is 5.75 Å². The number of likely N-dealkylation sites (tertiary alicyclic amines) is 2. The average Bonchev–Trinajstić information content (AvgIpc) is 3.21. The van der Waals surface area contributed by atoms with E-state index in [0.717, 1.165) is 56.5 Å². The lowest BCUT2D eigenvalue weighted by Gasteiger charge is -2.36. The number of fused-ring (bicyclic) bond motifs is 1. The van der Waals surface area contributed by atoms with Crippen LogP contribution in [0.5, 0.6) is 5.75 Å². The molecule has 0 N–H and O–H groups in total. The molecule has 0 saturated carbocycles. The zero-order valence-corrected chi connectivity index (χ0v) is 14.7. The van der Waals surface area contributed by atoms with Crippen molar-refractivity contribution in [2.24, 2.45) is 11.8 Å². The zero-order valence-electron chi connectivity index (χ0n) is 14.7. The summed E-state index contributed by atoms with van der Waals surface area (Å²) in [6.45, 7) is 3.68. The van der Waals surface area contributed by atoms with Crippen molar-refractivity contribution in [2.45, 2.75) is 32.1 Å². The number of carbonyl (C=O) groups excluding carboxylic acids is 2. The van der Waals surface area contributed by atoms with E-state index in [2.05, 4.69) is 0 Å². The standard InChI is InChI=1S/C20H26N2O3/c23-19(21-9-3-4-10-21)15-7-11-22(12-8-15)20(24)17-13-16-5-1-2-6-18(16)25-14-17/h1-2,5-6,15,17H,3-4,7-14H2. The highest BCUT2D eigenvalue weighted by molar-refractivity contribution is 5.81. The Labute approximate surface area is 148 Å². The van der Waals surface area contributed by atoms with Crippen molar-refractivity contribution in [1.82, 2.24) is 9.80 Å². The molecule has 1 aromatic carbocycles. The minimum Gasteiger partial charge on any atom is -0.492 e. The first kappa shape index (κ1) is 16.4. The summed E-state index contributed by atoms with van der Waals surface area (Å²) in [7, 11) is 0. The molecule has 5 heteroatoms. The topological polar surface area (TPSA) is 49.9 Å². The first-order valence-electron chi connectivity index (χ1n) is 9.50. The van der Waals surface area contributed by atoms with Crippen LogP contribution >= 0.6 is 0 Å². The number of amides is 2. The minimum absolute atomic E-state index is 0.0965. The van der Waals surface area contributed by atoms with Crippen molar-refractivity contribution in [1.29, 1.82) is 0 Å². The van der Waals surface area contributed by atoms with Crippen LogP contribution in [-0.4, -0.2) is 54.4 Å². The third-order valence-electron chi connectivity index (χ3n) is 5.80. The van der Waals surface area contributed by atoms with Crippen molar-refractivity contribution < 1.29 is 14.3 Å². The Morgan fingerprint density at radius 1 is 0.880 bits per heavy atom. The maximum atomic E-state index is 12.8.